The zero-order valence-electron chi connectivity index (χ0n) is 10.6. The summed E-state index contributed by atoms with van der Waals surface area (Å²) in [6.45, 7) is 5.15. The molecule has 0 spiro atoms. The van der Waals surface area contributed by atoms with Crippen LogP contribution in [0.4, 0.5) is 0 Å². The van der Waals surface area contributed by atoms with Crippen molar-refractivity contribution in [2.75, 3.05) is 7.05 Å². The molecule has 0 atom stereocenters. The maximum atomic E-state index is 4.68. The number of hydrogen-bond donors (Lipinski definition) is 1. The Balaban J connectivity index is 2.40. The Bertz CT molecular complexity index is 471. The molecule has 0 saturated heterocycles. The second kappa shape index (κ2) is 5.15. The van der Waals surface area contributed by atoms with Crippen LogP contribution in [0.5, 0.6) is 0 Å². The SMILES string of the molecule is CNCc1cc(-c2ccccc2)nn1C(C)C. The van der Waals surface area contributed by atoms with Gasteiger partial charge in [-0.25, -0.2) is 0 Å². The Labute approximate surface area is 102 Å². The minimum Gasteiger partial charge on any atom is -0.314 e. The van der Waals surface area contributed by atoms with Gasteiger partial charge in [-0.15, -0.1) is 0 Å². The third-order valence-corrected chi connectivity index (χ3v) is 2.73. The second-order valence-electron chi connectivity index (χ2n) is 4.46. The van der Waals surface area contributed by atoms with Crippen molar-refractivity contribution in [3.8, 4) is 11.3 Å². The predicted molar refractivity (Wildman–Crippen MR) is 70.8 cm³/mol. The molecule has 3 heteroatoms. The Morgan fingerprint density at radius 1 is 1.24 bits per heavy atom. The average molecular weight is 229 g/mol. The van der Waals surface area contributed by atoms with Crippen molar-refractivity contribution in [2.45, 2.75) is 26.4 Å². The van der Waals surface area contributed by atoms with E-state index in [4.69, 9.17) is 0 Å². The van der Waals surface area contributed by atoms with Crippen LogP contribution in [0.15, 0.2) is 36.4 Å². The van der Waals surface area contributed by atoms with Gasteiger partial charge in [-0.3, -0.25) is 4.68 Å². The number of rotatable bonds is 4. The molecule has 1 aromatic carbocycles. The molecular formula is C14H19N3. The van der Waals surface area contributed by atoms with Gasteiger partial charge >= 0.3 is 0 Å². The summed E-state index contributed by atoms with van der Waals surface area (Å²) in [4.78, 5) is 0. The summed E-state index contributed by atoms with van der Waals surface area (Å²) >= 11 is 0. The molecule has 0 aliphatic rings. The van der Waals surface area contributed by atoms with Gasteiger partial charge in [0.1, 0.15) is 0 Å². The second-order valence-corrected chi connectivity index (χ2v) is 4.46. The van der Waals surface area contributed by atoms with E-state index in [0.717, 1.165) is 12.2 Å². The van der Waals surface area contributed by atoms with Gasteiger partial charge in [0.05, 0.1) is 11.4 Å². The van der Waals surface area contributed by atoms with E-state index in [2.05, 4.69) is 47.1 Å². The largest absolute Gasteiger partial charge is 0.314 e. The van der Waals surface area contributed by atoms with Gasteiger partial charge in [-0.1, -0.05) is 30.3 Å². The predicted octanol–water partition coefficient (Wildman–Crippen LogP) is 2.85. The van der Waals surface area contributed by atoms with Crippen LogP contribution in [0.3, 0.4) is 0 Å². The minimum atomic E-state index is 0.385. The first kappa shape index (κ1) is 11.9. The van der Waals surface area contributed by atoms with Crippen molar-refractivity contribution < 1.29 is 0 Å². The molecule has 0 saturated carbocycles. The van der Waals surface area contributed by atoms with Crippen LogP contribution in [0.1, 0.15) is 25.6 Å². The molecule has 2 aromatic rings. The summed E-state index contributed by atoms with van der Waals surface area (Å²) in [5.41, 5.74) is 3.44. The van der Waals surface area contributed by atoms with E-state index in [1.54, 1.807) is 0 Å². The van der Waals surface area contributed by atoms with Crippen molar-refractivity contribution >= 4 is 0 Å². The van der Waals surface area contributed by atoms with Gasteiger partial charge in [0, 0.05) is 18.2 Å². The van der Waals surface area contributed by atoms with Crippen molar-refractivity contribution in [1.82, 2.24) is 15.1 Å². The Kier molecular flexibility index (Phi) is 3.59. The molecule has 90 valence electrons. The van der Waals surface area contributed by atoms with E-state index in [9.17, 15) is 0 Å². The lowest BCUT2D eigenvalue weighted by Gasteiger charge is -2.09. The summed E-state index contributed by atoms with van der Waals surface area (Å²) < 4.78 is 2.08. The van der Waals surface area contributed by atoms with E-state index in [0.29, 0.717) is 6.04 Å². The first-order valence-electron chi connectivity index (χ1n) is 6.01. The maximum Gasteiger partial charge on any atom is 0.0926 e. The molecule has 1 aromatic heterocycles. The highest BCUT2D eigenvalue weighted by Gasteiger charge is 2.10. The standard InChI is InChI=1S/C14H19N3/c1-11(2)17-13(10-15-3)9-14(16-17)12-7-5-4-6-8-12/h4-9,11,15H,10H2,1-3H3. The van der Waals surface area contributed by atoms with E-state index in [1.807, 2.05) is 25.2 Å². The molecule has 0 unspecified atom stereocenters. The summed E-state index contributed by atoms with van der Waals surface area (Å²) in [6, 6.07) is 12.8. The van der Waals surface area contributed by atoms with Crippen molar-refractivity contribution in [3.63, 3.8) is 0 Å². The fourth-order valence-electron chi connectivity index (χ4n) is 1.94. The molecule has 3 nitrogen and oxygen atoms in total. The van der Waals surface area contributed by atoms with E-state index in [1.165, 1.54) is 11.3 Å². The lowest BCUT2D eigenvalue weighted by atomic mass is 10.1. The van der Waals surface area contributed by atoms with E-state index >= 15 is 0 Å². The Morgan fingerprint density at radius 3 is 2.53 bits per heavy atom. The molecule has 0 amide bonds. The van der Waals surface area contributed by atoms with Crippen LogP contribution in [0.25, 0.3) is 11.3 Å². The fourth-order valence-corrected chi connectivity index (χ4v) is 1.94. The lowest BCUT2D eigenvalue weighted by Crippen LogP contribution is -2.13. The highest BCUT2D eigenvalue weighted by Crippen LogP contribution is 2.21. The third-order valence-electron chi connectivity index (χ3n) is 2.73. The van der Waals surface area contributed by atoms with Crippen LogP contribution in [-0.4, -0.2) is 16.8 Å². The zero-order valence-corrected chi connectivity index (χ0v) is 10.6. The molecular weight excluding hydrogens is 210 g/mol. The topological polar surface area (TPSA) is 29.9 Å². The third kappa shape index (κ3) is 2.56. The molecule has 0 radical (unpaired) electrons. The number of benzene rings is 1. The van der Waals surface area contributed by atoms with Gasteiger partial charge in [0.15, 0.2) is 0 Å². The normalized spacial score (nSPS) is 11.1. The van der Waals surface area contributed by atoms with E-state index < -0.39 is 0 Å². The molecule has 0 aliphatic carbocycles. The summed E-state index contributed by atoms with van der Waals surface area (Å²) in [5.74, 6) is 0. The lowest BCUT2D eigenvalue weighted by molar-refractivity contribution is 0.503. The van der Waals surface area contributed by atoms with Gasteiger partial charge < -0.3 is 5.32 Å². The van der Waals surface area contributed by atoms with Crippen LogP contribution in [0, 0.1) is 0 Å². The highest BCUT2D eigenvalue weighted by atomic mass is 15.3. The van der Waals surface area contributed by atoms with Crippen molar-refractivity contribution in [3.05, 3.63) is 42.1 Å². The number of nitrogens with one attached hydrogen (secondary N) is 1. The monoisotopic (exact) mass is 229 g/mol. The van der Waals surface area contributed by atoms with Crippen LogP contribution >= 0.6 is 0 Å². The molecule has 0 bridgehead atoms. The van der Waals surface area contributed by atoms with Gasteiger partial charge in [-0.05, 0) is 27.0 Å². The zero-order chi connectivity index (χ0) is 12.3. The molecule has 2 rings (SSSR count). The first-order chi connectivity index (χ1) is 8.22. The fraction of sp³-hybridized carbons (Fsp3) is 0.357. The number of aromatic nitrogens is 2. The molecule has 0 fully saturated rings. The van der Waals surface area contributed by atoms with Crippen molar-refractivity contribution in [2.24, 2.45) is 0 Å². The maximum absolute atomic E-state index is 4.68. The number of hydrogen-bond acceptors (Lipinski definition) is 2. The van der Waals surface area contributed by atoms with Gasteiger partial charge in [-0.2, -0.15) is 5.10 Å². The molecule has 0 aliphatic heterocycles. The Morgan fingerprint density at radius 2 is 1.94 bits per heavy atom. The number of nitrogens with zero attached hydrogens (tertiary/aromatic N) is 2. The van der Waals surface area contributed by atoms with Crippen LogP contribution in [0.2, 0.25) is 0 Å². The molecule has 1 heterocycles. The Hall–Kier alpha value is -1.61. The summed E-state index contributed by atoms with van der Waals surface area (Å²) in [7, 11) is 1.96. The molecule has 1 N–H and O–H groups in total. The quantitative estimate of drug-likeness (QED) is 0.873. The molecule has 17 heavy (non-hydrogen) atoms. The average Bonchev–Trinajstić information content (AvgIpc) is 2.75. The van der Waals surface area contributed by atoms with Gasteiger partial charge in [0.25, 0.3) is 0 Å². The highest BCUT2D eigenvalue weighted by molar-refractivity contribution is 5.59. The van der Waals surface area contributed by atoms with Crippen LogP contribution < -0.4 is 5.32 Å². The smallest absolute Gasteiger partial charge is 0.0926 e. The van der Waals surface area contributed by atoms with E-state index in [-0.39, 0.29) is 0 Å². The summed E-state index contributed by atoms with van der Waals surface area (Å²) in [5, 5.41) is 7.86. The van der Waals surface area contributed by atoms with Crippen LogP contribution in [-0.2, 0) is 6.54 Å². The summed E-state index contributed by atoms with van der Waals surface area (Å²) in [6.07, 6.45) is 0. The first-order valence-corrected chi connectivity index (χ1v) is 6.01. The van der Waals surface area contributed by atoms with Crippen molar-refractivity contribution in [1.29, 1.82) is 0 Å². The minimum absolute atomic E-state index is 0.385. The van der Waals surface area contributed by atoms with Gasteiger partial charge in [0.2, 0.25) is 0 Å².